The Morgan fingerprint density at radius 3 is 2.83 bits per heavy atom. The van der Waals surface area contributed by atoms with E-state index in [2.05, 4.69) is 10.6 Å². The van der Waals surface area contributed by atoms with Gasteiger partial charge in [0.05, 0.1) is 10.8 Å². The highest BCUT2D eigenvalue weighted by Gasteiger charge is 2.24. The van der Waals surface area contributed by atoms with Gasteiger partial charge < -0.3 is 10.6 Å². The van der Waals surface area contributed by atoms with E-state index >= 15 is 0 Å². The fourth-order valence-electron chi connectivity index (χ4n) is 1.86. The first kappa shape index (κ1) is 12.5. The van der Waals surface area contributed by atoms with Gasteiger partial charge in [0, 0.05) is 31.3 Å². The molecule has 6 nitrogen and oxygen atoms in total. The zero-order chi connectivity index (χ0) is 13.1. The maximum absolute atomic E-state index is 11.6. The third-order valence-electron chi connectivity index (χ3n) is 3.22. The predicted molar refractivity (Wildman–Crippen MR) is 66.0 cm³/mol. The average molecular weight is 249 g/mol. The van der Waals surface area contributed by atoms with Crippen molar-refractivity contribution in [3.8, 4) is 0 Å². The minimum atomic E-state index is -0.406. The van der Waals surface area contributed by atoms with Crippen molar-refractivity contribution in [3.05, 3.63) is 39.4 Å². The number of hydrogen-bond acceptors (Lipinski definition) is 4. The maximum Gasteiger partial charge on any atom is 0.272 e. The monoisotopic (exact) mass is 249 g/mol. The molecule has 1 aliphatic heterocycles. The summed E-state index contributed by atoms with van der Waals surface area (Å²) in [5.74, 6) is 0.0312. The van der Waals surface area contributed by atoms with Crippen molar-refractivity contribution < 1.29 is 9.72 Å². The zero-order valence-electron chi connectivity index (χ0n) is 10.1. The van der Waals surface area contributed by atoms with Gasteiger partial charge in [-0.15, -0.1) is 0 Å². The van der Waals surface area contributed by atoms with Crippen molar-refractivity contribution in [2.24, 2.45) is 5.92 Å². The molecule has 1 amide bonds. The van der Waals surface area contributed by atoms with Gasteiger partial charge in [-0.05, 0) is 12.5 Å². The van der Waals surface area contributed by atoms with E-state index in [1.165, 1.54) is 6.07 Å². The van der Waals surface area contributed by atoms with Crippen LogP contribution in [-0.4, -0.2) is 23.9 Å². The summed E-state index contributed by atoms with van der Waals surface area (Å²) in [7, 11) is 0. The lowest BCUT2D eigenvalue weighted by molar-refractivity contribution is -0.385. The lowest BCUT2D eigenvalue weighted by Crippen LogP contribution is -2.50. The lowest BCUT2D eigenvalue weighted by Gasteiger charge is -2.25. The van der Waals surface area contributed by atoms with Crippen molar-refractivity contribution in [1.82, 2.24) is 10.6 Å². The van der Waals surface area contributed by atoms with Gasteiger partial charge in [-0.1, -0.05) is 12.1 Å². The summed E-state index contributed by atoms with van der Waals surface area (Å²) in [5.41, 5.74) is 1.48. The summed E-state index contributed by atoms with van der Waals surface area (Å²) in [6.45, 7) is 3.45. The molecule has 2 N–H and O–H groups in total. The van der Waals surface area contributed by atoms with E-state index in [9.17, 15) is 14.9 Å². The van der Waals surface area contributed by atoms with Crippen LogP contribution in [-0.2, 0) is 11.3 Å². The Labute approximate surface area is 105 Å². The van der Waals surface area contributed by atoms with Gasteiger partial charge in [0.25, 0.3) is 5.69 Å². The standard InChI is InChI=1S/C12H15N3O3/c1-8-9(3-2-4-11(8)15(17)18)7-14-12(16)10-5-13-6-10/h2-4,10,13H,5-7H2,1H3,(H,14,16). The van der Waals surface area contributed by atoms with Crippen LogP contribution in [0.25, 0.3) is 0 Å². The van der Waals surface area contributed by atoms with Gasteiger partial charge in [0.1, 0.15) is 0 Å². The fourth-order valence-corrected chi connectivity index (χ4v) is 1.86. The third-order valence-corrected chi connectivity index (χ3v) is 3.22. The molecule has 1 aliphatic rings. The van der Waals surface area contributed by atoms with E-state index in [1.807, 2.05) is 0 Å². The van der Waals surface area contributed by atoms with Crippen LogP contribution in [0.15, 0.2) is 18.2 Å². The molecule has 1 heterocycles. The van der Waals surface area contributed by atoms with E-state index in [-0.39, 0.29) is 17.5 Å². The minimum Gasteiger partial charge on any atom is -0.352 e. The molecule has 0 spiro atoms. The number of nitrogens with zero attached hydrogens (tertiary/aromatic N) is 1. The molecule has 0 bridgehead atoms. The van der Waals surface area contributed by atoms with Crippen molar-refractivity contribution in [3.63, 3.8) is 0 Å². The Morgan fingerprint density at radius 2 is 2.28 bits per heavy atom. The molecule has 0 radical (unpaired) electrons. The number of rotatable bonds is 4. The van der Waals surface area contributed by atoms with Crippen LogP contribution >= 0.6 is 0 Å². The number of nitro groups is 1. The smallest absolute Gasteiger partial charge is 0.272 e. The molecule has 0 unspecified atom stereocenters. The number of carbonyl (C=O) groups excluding carboxylic acids is 1. The lowest BCUT2D eigenvalue weighted by atomic mass is 10.0. The number of benzene rings is 1. The van der Waals surface area contributed by atoms with E-state index in [4.69, 9.17) is 0 Å². The second-order valence-electron chi connectivity index (χ2n) is 4.39. The molecular weight excluding hydrogens is 234 g/mol. The van der Waals surface area contributed by atoms with Crippen LogP contribution in [0.5, 0.6) is 0 Å². The Hall–Kier alpha value is -1.95. The van der Waals surface area contributed by atoms with Crippen LogP contribution in [0.1, 0.15) is 11.1 Å². The average Bonchev–Trinajstić information content (AvgIpc) is 2.25. The summed E-state index contributed by atoms with van der Waals surface area (Å²) in [4.78, 5) is 22.0. The summed E-state index contributed by atoms with van der Waals surface area (Å²) in [6.07, 6.45) is 0. The molecule has 0 aromatic heterocycles. The van der Waals surface area contributed by atoms with Crippen LogP contribution in [0.4, 0.5) is 5.69 Å². The molecule has 2 rings (SSSR count). The maximum atomic E-state index is 11.6. The summed E-state index contributed by atoms with van der Waals surface area (Å²) >= 11 is 0. The molecule has 1 aromatic carbocycles. The van der Waals surface area contributed by atoms with E-state index in [0.29, 0.717) is 25.2 Å². The number of nitrogens with one attached hydrogen (secondary N) is 2. The molecular formula is C12H15N3O3. The van der Waals surface area contributed by atoms with Crippen LogP contribution < -0.4 is 10.6 Å². The number of amides is 1. The van der Waals surface area contributed by atoms with Gasteiger partial charge in [0.2, 0.25) is 5.91 Å². The first-order valence-corrected chi connectivity index (χ1v) is 5.81. The summed E-state index contributed by atoms with van der Waals surface area (Å²) in [6, 6.07) is 4.90. The fraction of sp³-hybridized carbons (Fsp3) is 0.417. The molecule has 1 saturated heterocycles. The van der Waals surface area contributed by atoms with Gasteiger partial charge >= 0.3 is 0 Å². The largest absolute Gasteiger partial charge is 0.352 e. The Balaban J connectivity index is 2.02. The molecule has 0 atom stereocenters. The molecule has 96 valence electrons. The van der Waals surface area contributed by atoms with E-state index in [0.717, 1.165) is 5.56 Å². The van der Waals surface area contributed by atoms with Crippen LogP contribution in [0.3, 0.4) is 0 Å². The summed E-state index contributed by atoms with van der Waals surface area (Å²) in [5, 5.41) is 16.6. The van der Waals surface area contributed by atoms with Crippen molar-refractivity contribution in [2.45, 2.75) is 13.5 Å². The van der Waals surface area contributed by atoms with Crippen LogP contribution in [0, 0.1) is 23.0 Å². The molecule has 0 aliphatic carbocycles. The van der Waals surface area contributed by atoms with Crippen LogP contribution in [0.2, 0.25) is 0 Å². The van der Waals surface area contributed by atoms with Crippen molar-refractivity contribution in [1.29, 1.82) is 0 Å². The van der Waals surface area contributed by atoms with Gasteiger partial charge in [-0.25, -0.2) is 0 Å². The SMILES string of the molecule is Cc1c(CNC(=O)C2CNC2)cccc1[N+](=O)[O-]. The van der Waals surface area contributed by atoms with Crippen molar-refractivity contribution in [2.75, 3.05) is 13.1 Å². The quantitative estimate of drug-likeness (QED) is 0.609. The molecule has 0 saturated carbocycles. The molecule has 1 aromatic rings. The van der Waals surface area contributed by atoms with Gasteiger partial charge in [0.15, 0.2) is 0 Å². The second-order valence-corrected chi connectivity index (χ2v) is 4.39. The number of hydrogen-bond donors (Lipinski definition) is 2. The Kier molecular flexibility index (Phi) is 3.57. The van der Waals surface area contributed by atoms with Crippen molar-refractivity contribution >= 4 is 11.6 Å². The van der Waals surface area contributed by atoms with E-state index in [1.54, 1.807) is 19.1 Å². The first-order valence-electron chi connectivity index (χ1n) is 5.81. The molecule has 1 fully saturated rings. The highest BCUT2D eigenvalue weighted by Crippen LogP contribution is 2.20. The first-order chi connectivity index (χ1) is 8.59. The molecule has 18 heavy (non-hydrogen) atoms. The second kappa shape index (κ2) is 5.14. The minimum absolute atomic E-state index is 0.000318. The van der Waals surface area contributed by atoms with E-state index < -0.39 is 4.92 Å². The predicted octanol–water partition coefficient (Wildman–Crippen LogP) is 0.739. The number of nitro benzene ring substituents is 1. The highest BCUT2D eigenvalue weighted by atomic mass is 16.6. The zero-order valence-corrected chi connectivity index (χ0v) is 10.1. The topological polar surface area (TPSA) is 84.3 Å². The normalized spacial score (nSPS) is 14.9. The number of carbonyl (C=O) groups is 1. The molecule has 6 heteroatoms. The summed E-state index contributed by atoms with van der Waals surface area (Å²) < 4.78 is 0. The highest BCUT2D eigenvalue weighted by molar-refractivity contribution is 5.80. The Morgan fingerprint density at radius 1 is 1.56 bits per heavy atom. The van der Waals surface area contributed by atoms with Gasteiger partial charge in [-0.3, -0.25) is 14.9 Å². The van der Waals surface area contributed by atoms with Gasteiger partial charge in [-0.2, -0.15) is 0 Å². The Bertz CT molecular complexity index is 483. The third kappa shape index (κ3) is 2.48.